The van der Waals surface area contributed by atoms with Crippen LogP contribution >= 0.6 is 0 Å². The van der Waals surface area contributed by atoms with Crippen LogP contribution in [0.1, 0.15) is 5.82 Å². The van der Waals surface area contributed by atoms with E-state index >= 15 is 0 Å². The largest absolute Gasteiger partial charge is 0.491 e. The zero-order chi connectivity index (χ0) is 12.1. The Labute approximate surface area is 100 Å². The molecule has 1 aromatic carbocycles. The van der Waals surface area contributed by atoms with Crippen LogP contribution in [0.5, 0.6) is 5.75 Å². The van der Waals surface area contributed by atoms with Gasteiger partial charge in [-0.15, -0.1) is 0 Å². The summed E-state index contributed by atoms with van der Waals surface area (Å²) in [7, 11) is 0. The summed E-state index contributed by atoms with van der Waals surface area (Å²) in [5, 5.41) is 9.85. The molecule has 0 bridgehead atoms. The SMILES string of the molecule is Cc1[nH]cc[n+]1CC(O)COc1ccccc1. The Balaban J connectivity index is 1.82. The average Bonchev–Trinajstić information content (AvgIpc) is 2.74. The molecule has 1 aromatic heterocycles. The number of aromatic amines is 1. The lowest BCUT2D eigenvalue weighted by Gasteiger charge is -2.10. The second kappa shape index (κ2) is 5.50. The molecule has 0 amide bonds. The van der Waals surface area contributed by atoms with Crippen molar-refractivity contribution in [1.29, 1.82) is 0 Å². The van der Waals surface area contributed by atoms with Crippen molar-refractivity contribution in [3.63, 3.8) is 0 Å². The van der Waals surface area contributed by atoms with Crippen molar-refractivity contribution in [2.75, 3.05) is 6.61 Å². The summed E-state index contributed by atoms with van der Waals surface area (Å²) in [6.45, 7) is 2.79. The third-order valence-electron chi connectivity index (χ3n) is 2.57. The molecule has 0 aliphatic carbocycles. The van der Waals surface area contributed by atoms with Crippen molar-refractivity contribution in [2.45, 2.75) is 19.6 Å². The fourth-order valence-electron chi connectivity index (χ4n) is 1.63. The lowest BCUT2D eigenvalue weighted by atomic mass is 10.3. The molecule has 2 aromatic rings. The summed E-state index contributed by atoms with van der Waals surface area (Å²) in [6.07, 6.45) is 3.23. The Kier molecular flexibility index (Phi) is 3.77. The second-order valence-corrected chi connectivity index (χ2v) is 3.98. The number of ether oxygens (including phenoxy) is 1. The number of hydrogen-bond acceptors (Lipinski definition) is 2. The molecular formula is C13H17N2O2+. The molecule has 0 fully saturated rings. The van der Waals surface area contributed by atoms with Gasteiger partial charge >= 0.3 is 0 Å². The third-order valence-corrected chi connectivity index (χ3v) is 2.57. The summed E-state index contributed by atoms with van der Waals surface area (Å²) in [4.78, 5) is 3.06. The molecule has 2 N–H and O–H groups in total. The molecule has 0 aliphatic rings. The minimum Gasteiger partial charge on any atom is -0.491 e. The highest BCUT2D eigenvalue weighted by atomic mass is 16.5. The number of hydrogen-bond donors (Lipinski definition) is 2. The molecule has 0 radical (unpaired) electrons. The van der Waals surface area contributed by atoms with Crippen LogP contribution in [0.15, 0.2) is 42.7 Å². The predicted octanol–water partition coefficient (Wildman–Crippen LogP) is 1.05. The van der Waals surface area contributed by atoms with E-state index in [1.54, 1.807) is 0 Å². The van der Waals surface area contributed by atoms with Gasteiger partial charge in [-0.05, 0) is 12.1 Å². The summed E-state index contributed by atoms with van der Waals surface area (Å²) in [5.41, 5.74) is 0. The quantitative estimate of drug-likeness (QED) is 0.758. The molecule has 1 atom stereocenters. The minimum atomic E-state index is -0.519. The molecule has 17 heavy (non-hydrogen) atoms. The molecule has 4 heteroatoms. The monoisotopic (exact) mass is 233 g/mol. The van der Waals surface area contributed by atoms with E-state index in [1.807, 2.05) is 54.2 Å². The van der Waals surface area contributed by atoms with Gasteiger partial charge in [-0.3, -0.25) is 0 Å². The number of H-pyrrole nitrogens is 1. The Bertz CT molecular complexity index is 453. The number of para-hydroxylation sites is 1. The molecule has 4 nitrogen and oxygen atoms in total. The molecule has 0 aliphatic heterocycles. The average molecular weight is 233 g/mol. The number of nitrogens with one attached hydrogen (secondary N) is 1. The van der Waals surface area contributed by atoms with Crippen molar-refractivity contribution in [2.24, 2.45) is 0 Å². The maximum atomic E-state index is 9.85. The Morgan fingerprint density at radius 3 is 2.76 bits per heavy atom. The van der Waals surface area contributed by atoms with E-state index in [1.165, 1.54) is 0 Å². The number of aliphatic hydroxyl groups excluding tert-OH is 1. The van der Waals surface area contributed by atoms with Gasteiger partial charge in [0.2, 0.25) is 0 Å². The van der Waals surface area contributed by atoms with Gasteiger partial charge in [0.05, 0.1) is 0 Å². The van der Waals surface area contributed by atoms with Gasteiger partial charge in [0, 0.05) is 6.92 Å². The van der Waals surface area contributed by atoms with Gasteiger partial charge in [0.15, 0.2) is 0 Å². The van der Waals surface area contributed by atoms with Crippen molar-refractivity contribution < 1.29 is 14.4 Å². The normalized spacial score (nSPS) is 12.4. The van der Waals surface area contributed by atoms with Crippen molar-refractivity contribution >= 4 is 0 Å². The molecule has 0 spiro atoms. The van der Waals surface area contributed by atoms with Gasteiger partial charge in [0.1, 0.15) is 37.4 Å². The first-order valence-corrected chi connectivity index (χ1v) is 5.65. The number of nitrogens with zero attached hydrogens (tertiary/aromatic N) is 1. The second-order valence-electron chi connectivity index (χ2n) is 3.98. The van der Waals surface area contributed by atoms with Gasteiger partial charge in [-0.2, -0.15) is 0 Å². The summed E-state index contributed by atoms with van der Waals surface area (Å²) in [5.74, 6) is 1.80. The topological polar surface area (TPSA) is 49.1 Å². The lowest BCUT2D eigenvalue weighted by molar-refractivity contribution is -0.708. The van der Waals surface area contributed by atoms with Crippen LogP contribution in [0.2, 0.25) is 0 Å². The molecule has 1 unspecified atom stereocenters. The molecule has 2 rings (SSSR count). The van der Waals surface area contributed by atoms with Crippen molar-refractivity contribution in [3.05, 3.63) is 48.5 Å². The number of benzene rings is 1. The molecule has 0 saturated heterocycles. The van der Waals surface area contributed by atoms with Crippen molar-refractivity contribution in [3.8, 4) is 5.75 Å². The minimum absolute atomic E-state index is 0.293. The van der Waals surface area contributed by atoms with Gasteiger partial charge in [-0.1, -0.05) is 18.2 Å². The number of aromatic nitrogens is 2. The van der Waals surface area contributed by atoms with Gasteiger partial charge < -0.3 is 9.84 Å². The summed E-state index contributed by atoms with van der Waals surface area (Å²) >= 11 is 0. The number of rotatable bonds is 5. The van der Waals surface area contributed by atoms with Crippen LogP contribution in [-0.2, 0) is 6.54 Å². The maximum absolute atomic E-state index is 9.85. The fraction of sp³-hybridized carbons (Fsp3) is 0.308. The third kappa shape index (κ3) is 3.32. The smallest absolute Gasteiger partial charge is 0.251 e. The molecule has 0 saturated carbocycles. The predicted molar refractivity (Wildman–Crippen MR) is 63.7 cm³/mol. The lowest BCUT2D eigenvalue weighted by Crippen LogP contribution is -2.42. The number of imidazole rings is 1. The first-order valence-electron chi connectivity index (χ1n) is 5.65. The van der Waals surface area contributed by atoms with Gasteiger partial charge in [-0.25, -0.2) is 9.55 Å². The van der Waals surface area contributed by atoms with Crippen LogP contribution in [0.25, 0.3) is 0 Å². The summed E-state index contributed by atoms with van der Waals surface area (Å²) < 4.78 is 7.44. The van der Waals surface area contributed by atoms with E-state index in [-0.39, 0.29) is 0 Å². The Morgan fingerprint density at radius 1 is 1.35 bits per heavy atom. The number of aryl methyl sites for hydroxylation is 1. The zero-order valence-electron chi connectivity index (χ0n) is 9.84. The fourth-order valence-corrected chi connectivity index (χ4v) is 1.63. The van der Waals surface area contributed by atoms with E-state index in [4.69, 9.17) is 4.74 Å². The van der Waals surface area contributed by atoms with Crippen LogP contribution < -0.4 is 9.30 Å². The highest BCUT2D eigenvalue weighted by Crippen LogP contribution is 2.08. The summed E-state index contributed by atoms with van der Waals surface area (Å²) in [6, 6.07) is 9.50. The van der Waals surface area contributed by atoms with Crippen molar-refractivity contribution in [1.82, 2.24) is 4.98 Å². The molecular weight excluding hydrogens is 216 g/mol. The van der Waals surface area contributed by atoms with Crippen LogP contribution in [0, 0.1) is 6.92 Å². The standard InChI is InChI=1S/C13H16N2O2/c1-11-14-7-8-15(11)9-12(16)10-17-13-5-3-2-4-6-13/h2-8,12,16H,9-10H2,1H3/p+1. The highest BCUT2D eigenvalue weighted by Gasteiger charge is 2.12. The first-order chi connectivity index (χ1) is 8.25. The highest BCUT2D eigenvalue weighted by molar-refractivity contribution is 5.20. The van der Waals surface area contributed by atoms with E-state index < -0.39 is 6.10 Å². The molecule has 90 valence electrons. The van der Waals surface area contributed by atoms with E-state index in [9.17, 15) is 5.11 Å². The maximum Gasteiger partial charge on any atom is 0.251 e. The molecule has 1 heterocycles. The Morgan fingerprint density at radius 2 is 2.12 bits per heavy atom. The number of aliphatic hydroxyl groups is 1. The van der Waals surface area contributed by atoms with E-state index in [2.05, 4.69) is 4.98 Å². The first kappa shape index (κ1) is 11.7. The van der Waals surface area contributed by atoms with Crippen LogP contribution in [0.3, 0.4) is 0 Å². The van der Waals surface area contributed by atoms with E-state index in [0.29, 0.717) is 13.2 Å². The van der Waals surface area contributed by atoms with Crippen LogP contribution in [0.4, 0.5) is 0 Å². The van der Waals surface area contributed by atoms with E-state index in [0.717, 1.165) is 11.6 Å². The Hall–Kier alpha value is -1.81. The van der Waals surface area contributed by atoms with Crippen LogP contribution in [-0.4, -0.2) is 22.8 Å². The van der Waals surface area contributed by atoms with Gasteiger partial charge in [0.25, 0.3) is 5.82 Å². The zero-order valence-corrected chi connectivity index (χ0v) is 9.84.